The number of hydrogen-bond acceptors (Lipinski definition) is 4. The second kappa shape index (κ2) is 13.5. The normalized spacial score (nSPS) is 12.1. The van der Waals surface area contributed by atoms with Gasteiger partial charge in [0, 0.05) is 18.1 Å². The second-order valence-electron chi connectivity index (χ2n) is 8.89. The number of carbonyl (C=O) groups excluding carboxylic acids is 2. The molecule has 0 saturated carbocycles. The van der Waals surface area contributed by atoms with Crippen molar-refractivity contribution in [3.63, 3.8) is 0 Å². The molecule has 1 N–H and O–H groups in total. The minimum absolute atomic E-state index is 0.00647. The number of aryl methyl sites for hydroxylation is 1. The predicted molar refractivity (Wildman–Crippen MR) is 157 cm³/mol. The Bertz CT molecular complexity index is 1410. The van der Waals surface area contributed by atoms with Gasteiger partial charge < -0.3 is 10.2 Å². The topological polar surface area (TPSA) is 86.8 Å². The number of nitrogens with one attached hydrogen (secondary N) is 1. The van der Waals surface area contributed by atoms with Crippen molar-refractivity contribution in [2.24, 2.45) is 0 Å². The van der Waals surface area contributed by atoms with Crippen molar-refractivity contribution in [1.29, 1.82) is 0 Å². The van der Waals surface area contributed by atoms with Gasteiger partial charge in [-0.2, -0.15) is 0 Å². The van der Waals surface area contributed by atoms with Crippen molar-refractivity contribution in [3.8, 4) is 0 Å². The molecule has 0 aromatic heterocycles. The highest BCUT2D eigenvalue weighted by Gasteiger charge is 2.33. The third-order valence-electron chi connectivity index (χ3n) is 6.08. The summed E-state index contributed by atoms with van der Waals surface area (Å²) in [6.07, 6.45) is 0.322. The first-order chi connectivity index (χ1) is 18.5. The zero-order chi connectivity index (χ0) is 28.7. The number of amides is 2. The van der Waals surface area contributed by atoms with E-state index in [-0.39, 0.29) is 33.1 Å². The SMILES string of the molecule is CCNC(=O)[C@H](CC)N(Cc1ccc(Cl)cc1)C(=O)CN(c1ccc(Cl)c(Cl)c1)S(=O)(=O)c1ccc(C)cc1. The minimum Gasteiger partial charge on any atom is -0.355 e. The summed E-state index contributed by atoms with van der Waals surface area (Å²) in [5.74, 6) is -0.894. The Hall–Kier alpha value is -2.78. The van der Waals surface area contributed by atoms with Crippen LogP contribution >= 0.6 is 34.8 Å². The van der Waals surface area contributed by atoms with Crippen molar-refractivity contribution in [1.82, 2.24) is 10.2 Å². The number of nitrogens with zero attached hydrogens (tertiary/aromatic N) is 2. The molecule has 7 nitrogen and oxygen atoms in total. The average molecular weight is 611 g/mol. The van der Waals surface area contributed by atoms with E-state index in [0.717, 1.165) is 15.4 Å². The molecule has 0 aliphatic rings. The number of benzene rings is 3. The lowest BCUT2D eigenvalue weighted by Gasteiger charge is -2.33. The molecule has 208 valence electrons. The van der Waals surface area contributed by atoms with Crippen LogP contribution in [0.5, 0.6) is 0 Å². The van der Waals surface area contributed by atoms with Crippen molar-refractivity contribution in [3.05, 3.63) is 92.9 Å². The lowest BCUT2D eigenvalue weighted by molar-refractivity contribution is -0.140. The lowest BCUT2D eigenvalue weighted by atomic mass is 10.1. The molecule has 3 aromatic rings. The van der Waals surface area contributed by atoms with Crippen molar-refractivity contribution < 1.29 is 18.0 Å². The number of halogens is 3. The second-order valence-corrected chi connectivity index (χ2v) is 12.0. The van der Waals surface area contributed by atoms with Crippen LogP contribution in [0.1, 0.15) is 31.4 Å². The first kappa shape index (κ1) is 30.8. The van der Waals surface area contributed by atoms with E-state index in [4.69, 9.17) is 34.8 Å². The smallest absolute Gasteiger partial charge is 0.264 e. The first-order valence-electron chi connectivity index (χ1n) is 12.3. The molecule has 3 rings (SSSR count). The van der Waals surface area contributed by atoms with Gasteiger partial charge in [-0.1, -0.05) is 71.6 Å². The van der Waals surface area contributed by atoms with Crippen LogP contribution in [0, 0.1) is 6.92 Å². The maximum Gasteiger partial charge on any atom is 0.264 e. The van der Waals surface area contributed by atoms with Crippen LogP contribution in [0.3, 0.4) is 0 Å². The molecule has 0 aliphatic carbocycles. The summed E-state index contributed by atoms with van der Waals surface area (Å²) in [6.45, 7) is 5.31. The standard InChI is InChI=1S/C28H30Cl3N3O4S/c1-4-26(28(36)32-5-2)33(17-20-8-10-21(29)11-9-20)27(35)18-34(22-12-15-24(30)25(31)16-22)39(37,38)23-13-6-19(3)7-14-23/h6-16,26H,4-5,17-18H2,1-3H3,(H,32,36)/t26-/m0/s1. The van der Waals surface area contributed by atoms with Gasteiger partial charge in [-0.15, -0.1) is 0 Å². The fourth-order valence-corrected chi connectivity index (χ4v) is 5.83. The highest BCUT2D eigenvalue weighted by molar-refractivity contribution is 7.92. The Kier molecular flexibility index (Phi) is 10.7. The van der Waals surface area contributed by atoms with Crippen LogP contribution in [0.2, 0.25) is 15.1 Å². The van der Waals surface area contributed by atoms with Crippen molar-refractivity contribution in [2.75, 3.05) is 17.4 Å². The van der Waals surface area contributed by atoms with E-state index in [2.05, 4.69) is 5.32 Å². The Labute approximate surface area is 244 Å². The molecule has 0 saturated heterocycles. The van der Waals surface area contributed by atoms with Crippen molar-refractivity contribution >= 4 is 62.3 Å². The predicted octanol–water partition coefficient (Wildman–Crippen LogP) is 6.09. The molecule has 0 unspecified atom stereocenters. The van der Waals surface area contributed by atoms with E-state index in [1.165, 1.54) is 35.2 Å². The van der Waals surface area contributed by atoms with Gasteiger partial charge in [0.25, 0.3) is 10.0 Å². The fraction of sp³-hybridized carbons (Fsp3) is 0.286. The molecule has 11 heteroatoms. The molecular weight excluding hydrogens is 581 g/mol. The van der Waals surface area contributed by atoms with E-state index in [1.807, 2.05) is 6.92 Å². The third-order valence-corrected chi connectivity index (χ3v) is 8.86. The molecule has 0 bridgehead atoms. The van der Waals surface area contributed by atoms with Crippen LogP contribution < -0.4 is 9.62 Å². The van der Waals surface area contributed by atoms with Gasteiger partial charge in [-0.3, -0.25) is 13.9 Å². The maximum absolute atomic E-state index is 13.9. The summed E-state index contributed by atoms with van der Waals surface area (Å²) in [6, 6.07) is 16.7. The van der Waals surface area contributed by atoms with E-state index in [1.54, 1.807) is 50.2 Å². The van der Waals surface area contributed by atoms with Gasteiger partial charge in [-0.25, -0.2) is 8.42 Å². The van der Waals surface area contributed by atoms with Gasteiger partial charge in [-0.05, 0) is 68.3 Å². The quantitative estimate of drug-likeness (QED) is 0.285. The van der Waals surface area contributed by atoms with Crippen LogP contribution in [-0.2, 0) is 26.2 Å². The first-order valence-corrected chi connectivity index (χ1v) is 14.9. The van der Waals surface area contributed by atoms with Gasteiger partial charge >= 0.3 is 0 Å². The molecule has 0 spiro atoms. The van der Waals surface area contributed by atoms with Crippen LogP contribution in [-0.4, -0.2) is 44.3 Å². The number of anilines is 1. The Morgan fingerprint density at radius 2 is 1.54 bits per heavy atom. The third kappa shape index (κ3) is 7.66. The molecule has 0 aliphatic heterocycles. The summed E-state index contributed by atoms with van der Waals surface area (Å²) in [7, 11) is -4.20. The number of rotatable bonds is 11. The van der Waals surface area contributed by atoms with Gasteiger partial charge in [0.05, 0.1) is 20.6 Å². The molecule has 1 atom stereocenters. The van der Waals surface area contributed by atoms with Gasteiger partial charge in [0.15, 0.2) is 0 Å². The summed E-state index contributed by atoms with van der Waals surface area (Å²) < 4.78 is 28.7. The highest BCUT2D eigenvalue weighted by Crippen LogP contribution is 2.31. The zero-order valence-corrected chi connectivity index (χ0v) is 24.9. The molecule has 2 amide bonds. The Balaban J connectivity index is 2.08. The summed E-state index contributed by atoms with van der Waals surface area (Å²) >= 11 is 18.4. The number of sulfonamides is 1. The van der Waals surface area contributed by atoms with Crippen LogP contribution in [0.15, 0.2) is 71.6 Å². The van der Waals surface area contributed by atoms with E-state index in [9.17, 15) is 18.0 Å². The number of likely N-dealkylation sites (N-methyl/N-ethyl adjacent to an activating group) is 1. The van der Waals surface area contributed by atoms with Crippen molar-refractivity contribution in [2.45, 2.75) is 44.7 Å². The van der Waals surface area contributed by atoms with E-state index < -0.39 is 28.5 Å². The summed E-state index contributed by atoms with van der Waals surface area (Å²) in [4.78, 5) is 28.3. The summed E-state index contributed by atoms with van der Waals surface area (Å²) in [5.41, 5.74) is 1.78. The molecule has 0 radical (unpaired) electrons. The van der Waals surface area contributed by atoms with Crippen LogP contribution in [0.25, 0.3) is 0 Å². The van der Waals surface area contributed by atoms with E-state index >= 15 is 0 Å². The maximum atomic E-state index is 13.9. The fourth-order valence-electron chi connectivity index (χ4n) is 4.00. The zero-order valence-electron chi connectivity index (χ0n) is 21.8. The number of carbonyl (C=O) groups is 2. The lowest BCUT2D eigenvalue weighted by Crippen LogP contribution is -2.52. The molecule has 0 fully saturated rings. The molecule has 0 heterocycles. The molecular formula is C28H30Cl3N3O4S. The molecule has 39 heavy (non-hydrogen) atoms. The van der Waals surface area contributed by atoms with Gasteiger partial charge in [0.1, 0.15) is 12.6 Å². The summed E-state index contributed by atoms with van der Waals surface area (Å²) in [5, 5.41) is 3.68. The molecule has 3 aromatic carbocycles. The Morgan fingerprint density at radius 3 is 2.10 bits per heavy atom. The largest absolute Gasteiger partial charge is 0.355 e. The number of hydrogen-bond donors (Lipinski definition) is 1. The Morgan fingerprint density at radius 1 is 0.897 bits per heavy atom. The average Bonchev–Trinajstić information content (AvgIpc) is 2.90. The van der Waals surface area contributed by atoms with E-state index in [0.29, 0.717) is 18.0 Å². The highest BCUT2D eigenvalue weighted by atomic mass is 35.5. The van der Waals surface area contributed by atoms with Gasteiger partial charge in [0.2, 0.25) is 11.8 Å². The van der Waals surface area contributed by atoms with Crippen LogP contribution in [0.4, 0.5) is 5.69 Å². The minimum atomic E-state index is -4.20. The monoisotopic (exact) mass is 609 g/mol.